The van der Waals surface area contributed by atoms with E-state index in [0.717, 1.165) is 43.8 Å². The van der Waals surface area contributed by atoms with Crippen molar-refractivity contribution in [1.29, 1.82) is 0 Å². The van der Waals surface area contributed by atoms with Crippen LogP contribution in [0.2, 0.25) is 0 Å². The maximum Gasteiger partial charge on any atom is 0.172 e. The minimum absolute atomic E-state index is 0.226. The van der Waals surface area contributed by atoms with Gasteiger partial charge in [0.15, 0.2) is 5.78 Å². The zero-order valence-corrected chi connectivity index (χ0v) is 17.8. The summed E-state index contributed by atoms with van der Waals surface area (Å²) in [6.07, 6.45) is 6.69. The van der Waals surface area contributed by atoms with Gasteiger partial charge in [-0.2, -0.15) is 0 Å². The summed E-state index contributed by atoms with van der Waals surface area (Å²) in [4.78, 5) is 21.5. The molecule has 0 amide bonds. The molecule has 3 nitrogen and oxygen atoms in total. The Morgan fingerprint density at radius 2 is 1.96 bits per heavy atom. The highest BCUT2D eigenvalue weighted by Crippen LogP contribution is 2.35. The number of ketones is 1. The summed E-state index contributed by atoms with van der Waals surface area (Å²) in [7, 11) is 1.64. The van der Waals surface area contributed by atoms with Gasteiger partial charge in [-0.05, 0) is 58.8 Å². The molecule has 1 aromatic carbocycles. The predicted octanol–water partition coefficient (Wildman–Crippen LogP) is 6.67. The van der Waals surface area contributed by atoms with E-state index in [9.17, 15) is 4.79 Å². The summed E-state index contributed by atoms with van der Waals surface area (Å²) in [5.74, 6) is 2.16. The zero-order chi connectivity index (χ0) is 18.8. The number of thiophene rings is 1. The lowest BCUT2D eigenvalue weighted by molar-refractivity contribution is -0.106. The Bertz CT molecular complexity index is 690. The predicted molar refractivity (Wildman–Crippen MR) is 110 cm³/mol. The molecule has 0 aliphatic heterocycles. The third-order valence-electron chi connectivity index (χ3n) is 3.82. The van der Waals surface area contributed by atoms with E-state index in [4.69, 9.17) is 9.53 Å². The quantitative estimate of drug-likeness (QED) is 0.396. The third kappa shape index (κ3) is 7.28. The van der Waals surface area contributed by atoms with Gasteiger partial charge in [0.05, 0.1) is 16.5 Å². The largest absolute Gasteiger partial charge is 0.496 e. The highest BCUT2D eigenvalue weighted by atomic mass is 79.9. The Kier molecular flexibility index (Phi) is 9.98. The molecule has 0 radical (unpaired) electrons. The van der Waals surface area contributed by atoms with E-state index < -0.39 is 0 Å². The maximum atomic E-state index is 11.8. The van der Waals surface area contributed by atoms with Crippen molar-refractivity contribution in [3.8, 4) is 5.75 Å². The van der Waals surface area contributed by atoms with Crippen LogP contribution in [0, 0.1) is 5.92 Å². The molecule has 2 aromatic rings. The first-order chi connectivity index (χ1) is 12.0. The molecule has 25 heavy (non-hydrogen) atoms. The van der Waals surface area contributed by atoms with Gasteiger partial charge in [-0.1, -0.05) is 33.1 Å². The Morgan fingerprint density at radius 1 is 1.32 bits per heavy atom. The molecule has 0 N–H and O–H groups in total. The molecule has 0 atom stereocenters. The maximum absolute atomic E-state index is 11.8. The molecule has 1 aromatic heterocycles. The number of benzene rings is 1. The smallest absolute Gasteiger partial charge is 0.172 e. The van der Waals surface area contributed by atoms with Crippen molar-refractivity contribution >= 4 is 49.4 Å². The van der Waals surface area contributed by atoms with Gasteiger partial charge >= 0.3 is 0 Å². The van der Waals surface area contributed by atoms with Crippen LogP contribution in [0.1, 0.15) is 62.5 Å². The number of Topliss-reactive ketones (excluding diaryl/α,β-unsaturated/α-hetero) is 1. The molecule has 1 aliphatic rings. The molecular weight excluding hydrogens is 400 g/mol. The van der Waals surface area contributed by atoms with Crippen molar-refractivity contribution in [2.75, 3.05) is 7.11 Å². The van der Waals surface area contributed by atoms with Gasteiger partial charge in [0.1, 0.15) is 12.0 Å². The lowest BCUT2D eigenvalue weighted by atomic mass is 10.2. The van der Waals surface area contributed by atoms with E-state index >= 15 is 0 Å². The van der Waals surface area contributed by atoms with Crippen LogP contribution in [-0.4, -0.2) is 19.2 Å². The fourth-order valence-corrected chi connectivity index (χ4v) is 3.77. The standard InChI is InChI=1S/C13H13BrO2S.C5H10.C2H4O/c1-3-4-10(15)13-6-8-5-9(14)11(16-2)7-12(8)17-13;1-2-5-3-4-5;1-2-3/h5-7H,3-4H2,1-2H3;5H,2-4H2,1H3;2H,1H3. The minimum atomic E-state index is 0.226. The van der Waals surface area contributed by atoms with E-state index in [-0.39, 0.29) is 5.78 Å². The summed E-state index contributed by atoms with van der Waals surface area (Å²) in [5, 5.41) is 1.09. The number of aldehydes is 1. The van der Waals surface area contributed by atoms with Gasteiger partial charge in [-0.3, -0.25) is 4.79 Å². The molecule has 1 saturated carbocycles. The summed E-state index contributed by atoms with van der Waals surface area (Å²) in [5.41, 5.74) is 0. The van der Waals surface area contributed by atoms with Crippen molar-refractivity contribution in [3.05, 3.63) is 27.5 Å². The molecule has 0 bridgehead atoms. The number of carbonyl (C=O) groups is 2. The summed E-state index contributed by atoms with van der Waals surface area (Å²) < 4.78 is 7.25. The molecule has 5 heteroatoms. The van der Waals surface area contributed by atoms with E-state index in [1.165, 1.54) is 37.5 Å². The highest BCUT2D eigenvalue weighted by Gasteiger charge is 2.17. The van der Waals surface area contributed by atoms with Crippen LogP contribution in [0.4, 0.5) is 0 Å². The molecular formula is C20H27BrO3S. The summed E-state index contributed by atoms with van der Waals surface area (Å²) in [6, 6.07) is 5.92. The highest BCUT2D eigenvalue weighted by molar-refractivity contribution is 9.10. The van der Waals surface area contributed by atoms with Crippen LogP contribution in [-0.2, 0) is 4.79 Å². The topological polar surface area (TPSA) is 43.4 Å². The number of methoxy groups -OCH3 is 1. The first-order valence-electron chi connectivity index (χ1n) is 8.70. The van der Waals surface area contributed by atoms with Crippen molar-refractivity contribution in [2.24, 2.45) is 5.92 Å². The van der Waals surface area contributed by atoms with Gasteiger partial charge in [0, 0.05) is 11.1 Å². The number of hydrogen-bond acceptors (Lipinski definition) is 4. The van der Waals surface area contributed by atoms with Crippen molar-refractivity contribution in [3.63, 3.8) is 0 Å². The van der Waals surface area contributed by atoms with Crippen molar-refractivity contribution in [2.45, 2.75) is 52.9 Å². The second-order valence-electron chi connectivity index (χ2n) is 5.90. The third-order valence-corrected chi connectivity index (χ3v) is 5.58. The Morgan fingerprint density at radius 3 is 2.40 bits per heavy atom. The van der Waals surface area contributed by atoms with Crippen LogP contribution in [0.25, 0.3) is 10.1 Å². The Labute approximate surface area is 162 Å². The number of hydrogen-bond donors (Lipinski definition) is 0. The van der Waals surface area contributed by atoms with E-state index in [2.05, 4.69) is 22.9 Å². The average Bonchev–Trinajstić information content (AvgIpc) is 3.34. The van der Waals surface area contributed by atoms with Gasteiger partial charge in [-0.25, -0.2) is 0 Å². The normalized spacial score (nSPS) is 12.5. The average molecular weight is 427 g/mol. The van der Waals surface area contributed by atoms with Crippen LogP contribution in [0.15, 0.2) is 22.7 Å². The molecule has 0 saturated heterocycles. The molecule has 0 spiro atoms. The lowest BCUT2D eigenvalue weighted by Gasteiger charge is -2.01. The number of halogens is 1. The molecule has 3 rings (SSSR count). The first-order valence-corrected chi connectivity index (χ1v) is 10.3. The van der Waals surface area contributed by atoms with Gasteiger partial charge in [0.2, 0.25) is 0 Å². The van der Waals surface area contributed by atoms with E-state index in [0.29, 0.717) is 6.42 Å². The molecule has 0 unspecified atom stereocenters. The minimum Gasteiger partial charge on any atom is -0.496 e. The van der Waals surface area contributed by atoms with Crippen LogP contribution in [0.3, 0.4) is 0 Å². The molecule has 1 aliphatic carbocycles. The Balaban J connectivity index is 0.000000324. The van der Waals surface area contributed by atoms with E-state index in [1.807, 2.05) is 25.1 Å². The first kappa shape index (κ1) is 21.8. The summed E-state index contributed by atoms with van der Waals surface area (Å²) in [6.45, 7) is 5.72. The van der Waals surface area contributed by atoms with Gasteiger partial charge in [-0.15, -0.1) is 11.3 Å². The van der Waals surface area contributed by atoms with Gasteiger partial charge in [0.25, 0.3) is 0 Å². The van der Waals surface area contributed by atoms with E-state index in [1.54, 1.807) is 7.11 Å². The lowest BCUT2D eigenvalue weighted by Crippen LogP contribution is -1.93. The molecule has 1 fully saturated rings. The van der Waals surface area contributed by atoms with Crippen LogP contribution in [0.5, 0.6) is 5.75 Å². The molecule has 138 valence electrons. The number of ether oxygens (including phenoxy) is 1. The number of rotatable bonds is 5. The monoisotopic (exact) mass is 426 g/mol. The Hall–Kier alpha value is -1.20. The fraction of sp³-hybridized carbons (Fsp3) is 0.500. The van der Waals surface area contributed by atoms with Crippen molar-refractivity contribution in [1.82, 2.24) is 0 Å². The second kappa shape index (κ2) is 11.4. The van der Waals surface area contributed by atoms with Crippen LogP contribution >= 0.6 is 27.3 Å². The van der Waals surface area contributed by atoms with Crippen molar-refractivity contribution < 1.29 is 14.3 Å². The number of carbonyl (C=O) groups excluding carboxylic acids is 2. The van der Waals surface area contributed by atoms with Crippen LogP contribution < -0.4 is 4.74 Å². The number of fused-ring (bicyclic) bond motifs is 1. The zero-order valence-electron chi connectivity index (χ0n) is 15.4. The molecule has 1 heterocycles. The fourth-order valence-electron chi connectivity index (χ4n) is 2.21. The second-order valence-corrected chi connectivity index (χ2v) is 7.83. The van der Waals surface area contributed by atoms with Gasteiger partial charge < -0.3 is 9.53 Å². The summed E-state index contributed by atoms with van der Waals surface area (Å²) >= 11 is 4.98. The SMILES string of the molecule is CC=O.CCC1CC1.CCCC(=O)c1cc2cc(Br)c(OC)cc2s1.